The number of rotatable bonds is 0. The second kappa shape index (κ2) is 2.42. The lowest BCUT2D eigenvalue weighted by Crippen LogP contribution is -2.06. The highest BCUT2D eigenvalue weighted by Crippen LogP contribution is 2.07. The molecule has 0 aliphatic heterocycles. The highest BCUT2D eigenvalue weighted by atomic mass is 16.2. The largest absolute Gasteiger partial charge is 0.273 e. The zero-order chi connectivity index (χ0) is 9.59. The summed E-state index contributed by atoms with van der Waals surface area (Å²) in [5, 5.41) is 8.25. The predicted octanol–water partition coefficient (Wildman–Crippen LogP) is 0.808. The molecule has 0 saturated carbocycles. The monoisotopic (exact) mass is 178 g/mol. The van der Waals surface area contributed by atoms with Gasteiger partial charge in [-0.05, 0) is 13.8 Å². The number of fused-ring (bicyclic) bond motifs is 1. The molecule has 5 heteroatoms. The number of carbonyl (C=O) groups is 1. The van der Waals surface area contributed by atoms with Gasteiger partial charge in [0.15, 0.2) is 5.65 Å². The summed E-state index contributed by atoms with van der Waals surface area (Å²) in [5.41, 5.74) is 1.61. The Labute approximate surface area is 75.0 Å². The van der Waals surface area contributed by atoms with Crippen molar-refractivity contribution in [3.05, 3.63) is 17.6 Å². The lowest BCUT2D eigenvalue weighted by Gasteiger charge is -1.90. The fourth-order valence-corrected chi connectivity index (χ4v) is 1.34. The van der Waals surface area contributed by atoms with Crippen molar-refractivity contribution in [3.8, 4) is 0 Å². The average Bonchev–Trinajstić information content (AvgIpc) is 2.51. The van der Waals surface area contributed by atoms with Crippen LogP contribution in [0.2, 0.25) is 0 Å². The molecule has 0 amide bonds. The van der Waals surface area contributed by atoms with Crippen LogP contribution in [-0.2, 0) is 0 Å². The van der Waals surface area contributed by atoms with Gasteiger partial charge in [0.1, 0.15) is 5.82 Å². The fraction of sp³-hybridized carbons (Fsp3) is 0.375. The zero-order valence-corrected chi connectivity index (χ0v) is 7.77. The van der Waals surface area contributed by atoms with Gasteiger partial charge in [0.25, 0.3) is 0 Å². The van der Waals surface area contributed by atoms with Crippen molar-refractivity contribution in [2.75, 3.05) is 0 Å². The molecule has 0 aliphatic carbocycles. The highest BCUT2D eigenvalue weighted by molar-refractivity contribution is 5.79. The first-order valence-corrected chi connectivity index (χ1v) is 4.02. The van der Waals surface area contributed by atoms with E-state index in [-0.39, 0.29) is 5.91 Å². The van der Waals surface area contributed by atoms with Crippen molar-refractivity contribution in [1.82, 2.24) is 19.4 Å². The third kappa shape index (κ3) is 1.04. The van der Waals surface area contributed by atoms with E-state index >= 15 is 0 Å². The lowest BCUT2D eigenvalue weighted by molar-refractivity contribution is 0.0926. The van der Waals surface area contributed by atoms with Crippen molar-refractivity contribution in [2.45, 2.75) is 20.8 Å². The number of hydrogen-bond donors (Lipinski definition) is 0. The highest BCUT2D eigenvalue weighted by Gasteiger charge is 2.11. The van der Waals surface area contributed by atoms with Crippen LogP contribution in [0.5, 0.6) is 0 Å². The summed E-state index contributed by atoms with van der Waals surface area (Å²) in [7, 11) is 0. The van der Waals surface area contributed by atoms with Crippen LogP contribution in [0.25, 0.3) is 5.65 Å². The van der Waals surface area contributed by atoms with E-state index < -0.39 is 0 Å². The molecule has 13 heavy (non-hydrogen) atoms. The Kier molecular flexibility index (Phi) is 1.48. The average molecular weight is 178 g/mol. The Morgan fingerprint density at radius 3 is 2.69 bits per heavy atom. The first-order chi connectivity index (χ1) is 6.09. The van der Waals surface area contributed by atoms with Crippen molar-refractivity contribution < 1.29 is 4.79 Å². The molecule has 0 spiro atoms. The van der Waals surface area contributed by atoms with Gasteiger partial charge in [-0.3, -0.25) is 4.79 Å². The SMILES string of the molecule is CC(=O)n1nc(C)n2nc(C)cc12. The summed E-state index contributed by atoms with van der Waals surface area (Å²) < 4.78 is 3.02. The minimum Gasteiger partial charge on any atom is -0.273 e. The molecule has 0 N–H and O–H groups in total. The van der Waals surface area contributed by atoms with Crippen LogP contribution < -0.4 is 0 Å². The van der Waals surface area contributed by atoms with Gasteiger partial charge in [0, 0.05) is 13.0 Å². The second-order valence-electron chi connectivity index (χ2n) is 3.03. The topological polar surface area (TPSA) is 52.2 Å². The van der Waals surface area contributed by atoms with Crippen LogP contribution in [0.4, 0.5) is 0 Å². The third-order valence-electron chi connectivity index (χ3n) is 1.88. The minimum atomic E-state index is -0.0991. The zero-order valence-electron chi connectivity index (χ0n) is 7.77. The Morgan fingerprint density at radius 2 is 2.08 bits per heavy atom. The van der Waals surface area contributed by atoms with Gasteiger partial charge in [-0.15, -0.1) is 5.10 Å². The van der Waals surface area contributed by atoms with Gasteiger partial charge >= 0.3 is 0 Å². The van der Waals surface area contributed by atoms with Gasteiger partial charge in [0.05, 0.1) is 5.69 Å². The van der Waals surface area contributed by atoms with E-state index in [0.717, 1.165) is 17.2 Å². The molecule has 2 aromatic heterocycles. The predicted molar refractivity (Wildman–Crippen MR) is 46.8 cm³/mol. The number of aromatic nitrogens is 4. The van der Waals surface area contributed by atoms with Crippen molar-refractivity contribution >= 4 is 11.6 Å². The summed E-state index contributed by atoms with van der Waals surface area (Å²) >= 11 is 0. The lowest BCUT2D eigenvalue weighted by atomic mass is 10.5. The standard InChI is InChI=1S/C8H10N4O/c1-5-4-8-11(9-5)6(2)10-12(8)7(3)13/h4H,1-3H3. The molecule has 0 atom stereocenters. The second-order valence-corrected chi connectivity index (χ2v) is 3.03. The van der Waals surface area contributed by atoms with Crippen LogP contribution in [0.3, 0.4) is 0 Å². The molecule has 2 aromatic rings. The van der Waals surface area contributed by atoms with E-state index in [1.807, 2.05) is 19.9 Å². The molecule has 0 aromatic carbocycles. The van der Waals surface area contributed by atoms with E-state index in [4.69, 9.17) is 0 Å². The molecule has 68 valence electrons. The molecule has 2 rings (SSSR count). The maximum absolute atomic E-state index is 11.1. The molecular formula is C8H10N4O. The third-order valence-corrected chi connectivity index (χ3v) is 1.88. The van der Waals surface area contributed by atoms with E-state index in [2.05, 4.69) is 10.2 Å². The molecule has 0 bridgehead atoms. The number of carbonyl (C=O) groups excluding carboxylic acids is 1. The van der Waals surface area contributed by atoms with Gasteiger partial charge in [-0.25, -0.2) is 0 Å². The number of hydrogen-bond acceptors (Lipinski definition) is 3. The van der Waals surface area contributed by atoms with Crippen LogP contribution >= 0.6 is 0 Å². The van der Waals surface area contributed by atoms with Gasteiger partial charge in [-0.1, -0.05) is 0 Å². The van der Waals surface area contributed by atoms with E-state index in [1.165, 1.54) is 11.6 Å². The summed E-state index contributed by atoms with van der Waals surface area (Å²) in [4.78, 5) is 11.1. The molecule has 0 unspecified atom stereocenters. The Morgan fingerprint density at radius 1 is 1.38 bits per heavy atom. The van der Waals surface area contributed by atoms with Crippen molar-refractivity contribution in [1.29, 1.82) is 0 Å². The fourth-order valence-electron chi connectivity index (χ4n) is 1.34. The van der Waals surface area contributed by atoms with E-state index in [0.29, 0.717) is 0 Å². The first-order valence-electron chi connectivity index (χ1n) is 4.02. The molecule has 2 heterocycles. The van der Waals surface area contributed by atoms with Gasteiger partial charge < -0.3 is 0 Å². The summed E-state index contributed by atoms with van der Waals surface area (Å²) in [6.07, 6.45) is 0. The van der Waals surface area contributed by atoms with Crippen LogP contribution in [-0.4, -0.2) is 25.3 Å². The van der Waals surface area contributed by atoms with Crippen molar-refractivity contribution in [2.24, 2.45) is 0 Å². The maximum atomic E-state index is 11.1. The number of nitrogens with zero attached hydrogens (tertiary/aromatic N) is 4. The molecular weight excluding hydrogens is 168 g/mol. The Balaban J connectivity index is 2.83. The molecule has 0 fully saturated rings. The minimum absolute atomic E-state index is 0.0991. The smallest absolute Gasteiger partial charge is 0.245 e. The normalized spacial score (nSPS) is 11.0. The Bertz CT molecular complexity index is 480. The quantitative estimate of drug-likeness (QED) is 0.599. The molecule has 0 aliphatic rings. The summed E-state index contributed by atoms with van der Waals surface area (Å²) in [6.45, 7) is 5.19. The summed E-state index contributed by atoms with van der Waals surface area (Å²) in [6, 6.07) is 1.83. The van der Waals surface area contributed by atoms with Gasteiger partial charge in [0.2, 0.25) is 5.91 Å². The first kappa shape index (κ1) is 7.97. The Hall–Kier alpha value is -1.65. The van der Waals surface area contributed by atoms with Crippen LogP contribution in [0.15, 0.2) is 6.07 Å². The van der Waals surface area contributed by atoms with Gasteiger partial charge in [-0.2, -0.15) is 14.3 Å². The van der Waals surface area contributed by atoms with Crippen LogP contribution in [0.1, 0.15) is 23.2 Å². The maximum Gasteiger partial charge on any atom is 0.245 e. The molecule has 5 nitrogen and oxygen atoms in total. The van der Waals surface area contributed by atoms with Crippen LogP contribution in [0, 0.1) is 13.8 Å². The summed E-state index contributed by atoms with van der Waals surface area (Å²) in [5.74, 6) is 0.622. The number of aryl methyl sites for hydroxylation is 2. The van der Waals surface area contributed by atoms with Crippen molar-refractivity contribution in [3.63, 3.8) is 0 Å². The molecule has 0 saturated heterocycles. The van der Waals surface area contributed by atoms with E-state index in [9.17, 15) is 4.79 Å². The molecule has 0 radical (unpaired) electrons. The van der Waals surface area contributed by atoms with E-state index in [1.54, 1.807) is 4.52 Å².